The number of alkyl halides is 3. The largest absolute Gasteiger partial charge is 0.433 e. The highest BCUT2D eigenvalue weighted by Crippen LogP contribution is 2.35. The Morgan fingerprint density at radius 2 is 2.00 bits per heavy atom. The minimum atomic E-state index is -4.79. The summed E-state index contributed by atoms with van der Waals surface area (Å²) in [5.41, 5.74) is -1.78. The molecule has 0 saturated heterocycles. The monoisotopic (exact) mass is 525 g/mol. The van der Waals surface area contributed by atoms with Crippen molar-refractivity contribution in [3.05, 3.63) is 51.9 Å². The maximum absolute atomic E-state index is 13.8. The van der Waals surface area contributed by atoms with Crippen LogP contribution >= 0.6 is 22.9 Å². The first-order chi connectivity index (χ1) is 16.5. The van der Waals surface area contributed by atoms with Crippen molar-refractivity contribution in [2.24, 2.45) is 13.0 Å². The van der Waals surface area contributed by atoms with Crippen LogP contribution in [0.1, 0.15) is 40.5 Å². The van der Waals surface area contributed by atoms with Gasteiger partial charge in [0.25, 0.3) is 11.8 Å². The number of thiophene rings is 1. The van der Waals surface area contributed by atoms with E-state index in [9.17, 15) is 22.8 Å². The van der Waals surface area contributed by atoms with Gasteiger partial charge in [0.1, 0.15) is 10.7 Å². The molecular formula is C21H19ClF3N7O2S. The molecular weight excluding hydrogens is 507 g/mol. The van der Waals surface area contributed by atoms with E-state index in [-0.39, 0.29) is 33.7 Å². The molecule has 0 spiro atoms. The number of aryl methyl sites for hydroxylation is 1. The van der Waals surface area contributed by atoms with Gasteiger partial charge < -0.3 is 10.6 Å². The summed E-state index contributed by atoms with van der Waals surface area (Å²) in [7, 11) is 1.52. The molecule has 0 saturated carbocycles. The zero-order valence-corrected chi connectivity index (χ0v) is 20.2. The predicted octanol–water partition coefficient (Wildman–Crippen LogP) is 4.50. The number of hydrogen-bond acceptors (Lipinski definition) is 6. The predicted molar refractivity (Wildman–Crippen MR) is 125 cm³/mol. The first-order valence-corrected chi connectivity index (χ1v) is 11.5. The maximum Gasteiger partial charge on any atom is 0.433 e. The van der Waals surface area contributed by atoms with Crippen molar-refractivity contribution in [3.8, 4) is 10.6 Å². The summed E-state index contributed by atoms with van der Waals surface area (Å²) in [6, 6.07) is 4.15. The Bertz CT molecular complexity index is 1410. The van der Waals surface area contributed by atoms with E-state index in [1.165, 1.54) is 29.3 Å². The van der Waals surface area contributed by atoms with Crippen LogP contribution in [0.15, 0.2) is 29.8 Å². The van der Waals surface area contributed by atoms with E-state index in [2.05, 4.69) is 25.8 Å². The number of nitrogens with zero attached hydrogens (tertiary/aromatic N) is 5. The topological polar surface area (TPSA) is 106 Å². The Morgan fingerprint density at radius 1 is 1.26 bits per heavy atom. The molecule has 0 radical (unpaired) electrons. The Hall–Kier alpha value is -3.45. The quantitative estimate of drug-likeness (QED) is 0.385. The molecule has 0 bridgehead atoms. The molecule has 14 heteroatoms. The van der Waals surface area contributed by atoms with Gasteiger partial charge in [-0.1, -0.05) is 31.5 Å². The van der Waals surface area contributed by atoms with Gasteiger partial charge >= 0.3 is 6.18 Å². The third kappa shape index (κ3) is 4.86. The van der Waals surface area contributed by atoms with Gasteiger partial charge in [-0.2, -0.15) is 23.4 Å². The molecule has 0 aliphatic carbocycles. The van der Waals surface area contributed by atoms with Crippen molar-refractivity contribution in [1.82, 2.24) is 29.7 Å². The van der Waals surface area contributed by atoms with Gasteiger partial charge in [-0.3, -0.25) is 14.3 Å². The summed E-state index contributed by atoms with van der Waals surface area (Å²) in [5, 5.41) is 14.3. The van der Waals surface area contributed by atoms with Crippen LogP contribution in [-0.2, 0) is 13.2 Å². The molecule has 0 atom stereocenters. The van der Waals surface area contributed by atoms with Crippen molar-refractivity contribution in [2.45, 2.75) is 20.0 Å². The van der Waals surface area contributed by atoms with Gasteiger partial charge in [0.2, 0.25) is 0 Å². The van der Waals surface area contributed by atoms with E-state index in [1.807, 2.05) is 13.8 Å². The lowest BCUT2D eigenvalue weighted by molar-refractivity contribution is -0.142. The van der Waals surface area contributed by atoms with E-state index in [0.29, 0.717) is 15.9 Å². The minimum Gasteiger partial charge on any atom is -0.350 e. The normalized spacial score (nSPS) is 11.9. The first-order valence-electron chi connectivity index (χ1n) is 10.3. The van der Waals surface area contributed by atoms with E-state index in [4.69, 9.17) is 11.6 Å². The van der Waals surface area contributed by atoms with Crippen LogP contribution in [0, 0.1) is 5.92 Å². The van der Waals surface area contributed by atoms with Crippen molar-refractivity contribution >= 4 is 46.1 Å². The van der Waals surface area contributed by atoms with Gasteiger partial charge in [-0.05, 0) is 23.4 Å². The number of hydrogen-bond donors (Lipinski definition) is 2. The van der Waals surface area contributed by atoms with Crippen LogP contribution in [0.5, 0.6) is 0 Å². The Morgan fingerprint density at radius 3 is 2.63 bits per heavy atom. The molecule has 0 aromatic carbocycles. The SMILES string of the molecule is CC(C)CNC(=O)c1c(NC(=O)c2nn3c(C(F)(F)F)cc(-c4cccs4)nc3c2Cl)cnn1C. The summed E-state index contributed by atoms with van der Waals surface area (Å²) >= 11 is 7.50. The third-order valence-corrected chi connectivity index (χ3v) is 6.13. The minimum absolute atomic E-state index is 0.0463. The molecule has 2 amide bonds. The summed E-state index contributed by atoms with van der Waals surface area (Å²) in [5.74, 6) is -1.20. The average molecular weight is 526 g/mol. The Kier molecular flexibility index (Phi) is 6.56. The van der Waals surface area contributed by atoms with Crippen LogP contribution < -0.4 is 10.6 Å². The van der Waals surface area contributed by atoms with E-state index in [0.717, 1.165) is 6.07 Å². The molecule has 4 aromatic heterocycles. The molecule has 4 aromatic rings. The molecule has 9 nitrogen and oxygen atoms in total. The fourth-order valence-corrected chi connectivity index (χ4v) is 4.18. The number of rotatable bonds is 6. The van der Waals surface area contributed by atoms with Crippen LogP contribution in [0.25, 0.3) is 16.2 Å². The smallest absolute Gasteiger partial charge is 0.350 e. The number of amides is 2. The van der Waals surface area contributed by atoms with Crippen molar-refractivity contribution in [3.63, 3.8) is 0 Å². The summed E-state index contributed by atoms with van der Waals surface area (Å²) < 4.78 is 43.2. The highest BCUT2D eigenvalue weighted by Gasteiger charge is 2.37. The average Bonchev–Trinajstić information content (AvgIpc) is 3.51. The summed E-state index contributed by atoms with van der Waals surface area (Å²) in [6.07, 6.45) is -3.54. The molecule has 0 fully saturated rings. The number of aromatic nitrogens is 5. The molecule has 184 valence electrons. The van der Waals surface area contributed by atoms with Crippen LogP contribution in [0.4, 0.5) is 18.9 Å². The number of carbonyl (C=O) groups excluding carboxylic acids is 2. The number of fused-ring (bicyclic) bond motifs is 1. The van der Waals surface area contributed by atoms with Gasteiger partial charge in [-0.15, -0.1) is 11.3 Å². The highest BCUT2D eigenvalue weighted by atomic mass is 35.5. The first kappa shape index (κ1) is 24.7. The van der Waals surface area contributed by atoms with Crippen LogP contribution in [0.3, 0.4) is 0 Å². The molecule has 0 aliphatic rings. The fourth-order valence-electron chi connectivity index (χ4n) is 3.25. The van der Waals surface area contributed by atoms with Gasteiger partial charge in [0, 0.05) is 13.6 Å². The van der Waals surface area contributed by atoms with Crippen LogP contribution in [-0.4, -0.2) is 42.7 Å². The molecule has 4 rings (SSSR count). The molecule has 4 heterocycles. The standard InChI is InChI=1S/C21H19ClF3N7O2S/c1-10(2)8-26-20(34)17-12(9-27-31(17)3)29-19(33)16-15(22)18-28-11(13-5-4-6-35-13)7-14(21(23,24)25)32(18)30-16/h4-7,9-10H,8H2,1-3H3,(H,26,34)(H,29,33). The molecule has 0 aliphatic heterocycles. The molecule has 2 N–H and O–H groups in total. The van der Waals surface area contributed by atoms with Crippen molar-refractivity contribution in [1.29, 1.82) is 0 Å². The molecule has 0 unspecified atom stereocenters. The summed E-state index contributed by atoms with van der Waals surface area (Å²) in [4.78, 5) is 30.3. The van der Waals surface area contributed by atoms with Crippen molar-refractivity contribution < 1.29 is 22.8 Å². The second kappa shape index (κ2) is 9.30. The van der Waals surface area contributed by atoms with Crippen molar-refractivity contribution in [2.75, 3.05) is 11.9 Å². The zero-order valence-electron chi connectivity index (χ0n) is 18.6. The molecule has 35 heavy (non-hydrogen) atoms. The number of carbonyl (C=O) groups is 2. The third-order valence-electron chi connectivity index (χ3n) is 4.88. The van der Waals surface area contributed by atoms with E-state index >= 15 is 0 Å². The fraction of sp³-hybridized carbons (Fsp3) is 0.286. The van der Waals surface area contributed by atoms with Gasteiger partial charge in [-0.25, -0.2) is 9.50 Å². The number of halogens is 4. The zero-order chi connectivity index (χ0) is 25.5. The van der Waals surface area contributed by atoms with Gasteiger partial charge in [0.05, 0.1) is 22.5 Å². The number of nitrogens with one attached hydrogen (secondary N) is 2. The van der Waals surface area contributed by atoms with E-state index in [1.54, 1.807) is 17.5 Å². The van der Waals surface area contributed by atoms with Crippen LogP contribution in [0.2, 0.25) is 5.02 Å². The number of anilines is 1. The van der Waals surface area contributed by atoms with Gasteiger partial charge in [0.15, 0.2) is 17.0 Å². The Labute approximate surface area is 205 Å². The Balaban J connectivity index is 1.73. The lowest BCUT2D eigenvalue weighted by Gasteiger charge is -2.10. The maximum atomic E-state index is 13.8. The lowest BCUT2D eigenvalue weighted by Crippen LogP contribution is -2.30. The van der Waals surface area contributed by atoms with E-state index < -0.39 is 29.4 Å². The second-order valence-electron chi connectivity index (χ2n) is 7.99. The highest BCUT2D eigenvalue weighted by molar-refractivity contribution is 7.13. The summed E-state index contributed by atoms with van der Waals surface area (Å²) in [6.45, 7) is 4.24. The lowest BCUT2D eigenvalue weighted by atomic mass is 10.2. The second-order valence-corrected chi connectivity index (χ2v) is 9.31.